The maximum Gasteiger partial charge on any atom is 0.155 e. The lowest BCUT2D eigenvalue weighted by Gasteiger charge is -2.49. The van der Waals surface area contributed by atoms with Gasteiger partial charge in [-0.05, 0) is 55.3 Å². The number of carbonyl (C=O) groups excluding carboxylic acids is 1. The summed E-state index contributed by atoms with van der Waals surface area (Å²) < 4.78 is 0. The summed E-state index contributed by atoms with van der Waals surface area (Å²) >= 11 is 0. The summed E-state index contributed by atoms with van der Waals surface area (Å²) in [4.78, 5) is 12.9. The van der Waals surface area contributed by atoms with Gasteiger partial charge in [0, 0.05) is 11.5 Å². The van der Waals surface area contributed by atoms with Crippen molar-refractivity contribution in [2.45, 2.75) is 105 Å². The number of carbonyl (C=O) groups is 1. The topological polar surface area (TPSA) is 29.1 Å². The van der Waals surface area contributed by atoms with Crippen molar-refractivity contribution in [3.05, 3.63) is 0 Å². The molecule has 2 saturated carbocycles. The minimum atomic E-state index is -0.259. The molecule has 0 aromatic rings. The highest BCUT2D eigenvalue weighted by molar-refractivity contribution is 5.88. The predicted molar refractivity (Wildman–Crippen MR) is 103 cm³/mol. The van der Waals surface area contributed by atoms with Gasteiger partial charge in [0.15, 0.2) is 5.78 Å². The molecule has 2 nitrogen and oxygen atoms in total. The summed E-state index contributed by atoms with van der Waals surface area (Å²) in [5, 5.41) is 3.57. The van der Waals surface area contributed by atoms with Gasteiger partial charge in [0.2, 0.25) is 0 Å². The largest absolute Gasteiger partial charge is 0.305 e. The van der Waals surface area contributed by atoms with E-state index in [0.29, 0.717) is 23.2 Å². The second-order valence-corrected chi connectivity index (χ2v) is 10.3. The normalized spacial score (nSPS) is 31.6. The first-order valence-corrected chi connectivity index (χ1v) is 10.4. The molecule has 1 spiro atoms. The van der Waals surface area contributed by atoms with E-state index in [1.165, 1.54) is 38.5 Å². The van der Waals surface area contributed by atoms with Gasteiger partial charge in [-0.15, -0.1) is 0 Å². The fourth-order valence-electron chi connectivity index (χ4n) is 5.77. The lowest BCUT2D eigenvalue weighted by atomic mass is 9.57. The number of hydrogen-bond acceptors (Lipinski definition) is 2. The molecule has 2 heteroatoms. The standard InChI is InChI=1S/C22H41NO/c1-15(2)23-19(20(24)21(5,6)7)14-18-12-16(3)22(17(4)13-18)10-8-9-11-22/h15-19,23H,8-14H2,1-7H3. The lowest BCUT2D eigenvalue weighted by Crippen LogP contribution is -2.48. The number of hydrogen-bond donors (Lipinski definition) is 1. The molecule has 0 heterocycles. The monoisotopic (exact) mass is 335 g/mol. The zero-order valence-corrected chi connectivity index (χ0v) is 17.2. The lowest BCUT2D eigenvalue weighted by molar-refractivity contribution is -0.129. The van der Waals surface area contributed by atoms with E-state index in [9.17, 15) is 4.79 Å². The highest BCUT2D eigenvalue weighted by atomic mass is 16.1. The van der Waals surface area contributed by atoms with Crippen molar-refractivity contribution in [3.8, 4) is 0 Å². The maximum absolute atomic E-state index is 12.9. The molecule has 0 radical (unpaired) electrons. The highest BCUT2D eigenvalue weighted by Gasteiger charge is 2.48. The first-order chi connectivity index (χ1) is 11.1. The summed E-state index contributed by atoms with van der Waals surface area (Å²) in [6, 6.07) is 0.382. The average molecular weight is 336 g/mol. The fraction of sp³-hybridized carbons (Fsp3) is 0.955. The Hall–Kier alpha value is -0.370. The minimum Gasteiger partial charge on any atom is -0.305 e. The highest BCUT2D eigenvalue weighted by Crippen LogP contribution is 2.57. The second kappa shape index (κ2) is 7.48. The molecule has 1 N–H and O–H groups in total. The third-order valence-electron chi connectivity index (χ3n) is 7.03. The van der Waals surface area contributed by atoms with Crippen molar-refractivity contribution in [2.24, 2.45) is 28.6 Å². The van der Waals surface area contributed by atoms with Crippen LogP contribution in [0.3, 0.4) is 0 Å². The van der Waals surface area contributed by atoms with E-state index in [2.05, 4.69) is 53.8 Å². The van der Waals surface area contributed by atoms with Gasteiger partial charge in [0.05, 0.1) is 6.04 Å². The van der Waals surface area contributed by atoms with E-state index in [1.807, 2.05) is 0 Å². The zero-order valence-electron chi connectivity index (χ0n) is 17.2. The molecule has 0 aromatic heterocycles. The van der Waals surface area contributed by atoms with Crippen LogP contribution in [0.1, 0.15) is 93.4 Å². The molecule has 0 bridgehead atoms. The smallest absolute Gasteiger partial charge is 0.155 e. The molecule has 0 aromatic carbocycles. The van der Waals surface area contributed by atoms with Crippen LogP contribution >= 0.6 is 0 Å². The molecule has 2 fully saturated rings. The second-order valence-electron chi connectivity index (χ2n) is 10.3. The SMILES string of the molecule is CC(C)NC(CC1CC(C)C2(CCCC2)C(C)C1)C(=O)C(C)(C)C. The average Bonchev–Trinajstić information content (AvgIpc) is 2.93. The van der Waals surface area contributed by atoms with E-state index in [1.54, 1.807) is 0 Å². The summed E-state index contributed by atoms with van der Waals surface area (Å²) in [5.41, 5.74) is 0.358. The van der Waals surface area contributed by atoms with E-state index < -0.39 is 0 Å². The summed E-state index contributed by atoms with van der Waals surface area (Å²) in [7, 11) is 0. The molecular weight excluding hydrogens is 294 g/mol. The van der Waals surface area contributed by atoms with Gasteiger partial charge in [0.1, 0.15) is 0 Å². The van der Waals surface area contributed by atoms with E-state index >= 15 is 0 Å². The van der Waals surface area contributed by atoms with Crippen LogP contribution in [0.4, 0.5) is 0 Å². The zero-order chi connectivity index (χ0) is 18.1. The van der Waals surface area contributed by atoms with Crippen LogP contribution in [0.2, 0.25) is 0 Å². The third-order valence-corrected chi connectivity index (χ3v) is 7.03. The molecular formula is C22H41NO. The van der Waals surface area contributed by atoms with Crippen molar-refractivity contribution in [1.29, 1.82) is 0 Å². The molecule has 0 aliphatic heterocycles. The molecule has 3 unspecified atom stereocenters. The molecule has 2 rings (SSSR count). The van der Waals surface area contributed by atoms with Crippen molar-refractivity contribution in [3.63, 3.8) is 0 Å². The first-order valence-electron chi connectivity index (χ1n) is 10.4. The summed E-state index contributed by atoms with van der Waals surface area (Å²) in [6.07, 6.45) is 9.40. The van der Waals surface area contributed by atoms with Gasteiger partial charge >= 0.3 is 0 Å². The first kappa shape index (κ1) is 19.9. The van der Waals surface area contributed by atoms with E-state index in [0.717, 1.165) is 18.3 Å². The van der Waals surface area contributed by atoms with Crippen LogP contribution < -0.4 is 5.32 Å². The van der Waals surface area contributed by atoms with E-state index in [-0.39, 0.29) is 11.5 Å². The number of Topliss-reactive ketones (excluding diaryl/α,β-unsaturated/α-hetero) is 1. The van der Waals surface area contributed by atoms with Gasteiger partial charge < -0.3 is 5.32 Å². The Morgan fingerprint density at radius 2 is 1.58 bits per heavy atom. The van der Waals surface area contributed by atoms with Crippen LogP contribution in [0.5, 0.6) is 0 Å². The Morgan fingerprint density at radius 3 is 2.00 bits per heavy atom. The molecule has 3 atom stereocenters. The van der Waals surface area contributed by atoms with Gasteiger partial charge in [-0.1, -0.05) is 61.3 Å². The quantitative estimate of drug-likeness (QED) is 0.708. The Bertz CT molecular complexity index is 414. The van der Waals surface area contributed by atoms with Crippen LogP contribution in [0, 0.1) is 28.6 Å². The van der Waals surface area contributed by atoms with Crippen LogP contribution in [-0.4, -0.2) is 17.9 Å². The summed E-state index contributed by atoms with van der Waals surface area (Å²) in [6.45, 7) is 15.5. The van der Waals surface area contributed by atoms with Gasteiger partial charge in [0.25, 0.3) is 0 Å². The van der Waals surface area contributed by atoms with E-state index in [4.69, 9.17) is 0 Å². The van der Waals surface area contributed by atoms with Crippen LogP contribution in [0.15, 0.2) is 0 Å². The summed E-state index contributed by atoms with van der Waals surface area (Å²) in [5.74, 6) is 2.72. The molecule has 24 heavy (non-hydrogen) atoms. The van der Waals surface area contributed by atoms with Crippen molar-refractivity contribution in [2.75, 3.05) is 0 Å². The van der Waals surface area contributed by atoms with Gasteiger partial charge in [-0.3, -0.25) is 4.79 Å². The Labute approximate surface area is 150 Å². The Balaban J connectivity index is 2.06. The fourth-order valence-corrected chi connectivity index (χ4v) is 5.77. The molecule has 0 saturated heterocycles. The predicted octanol–water partition coefficient (Wildman–Crippen LogP) is 5.60. The van der Waals surface area contributed by atoms with Crippen LogP contribution in [0.25, 0.3) is 0 Å². The molecule has 2 aliphatic carbocycles. The van der Waals surface area contributed by atoms with Gasteiger partial charge in [-0.2, -0.15) is 0 Å². The number of rotatable bonds is 5. The molecule has 0 amide bonds. The molecule has 140 valence electrons. The third kappa shape index (κ3) is 4.23. The maximum atomic E-state index is 12.9. The Kier molecular flexibility index (Phi) is 6.21. The Morgan fingerprint density at radius 1 is 1.08 bits per heavy atom. The van der Waals surface area contributed by atoms with Crippen molar-refractivity contribution < 1.29 is 4.79 Å². The van der Waals surface area contributed by atoms with Crippen molar-refractivity contribution >= 4 is 5.78 Å². The number of nitrogens with one attached hydrogen (secondary N) is 1. The van der Waals surface area contributed by atoms with Crippen molar-refractivity contribution in [1.82, 2.24) is 5.32 Å². The van der Waals surface area contributed by atoms with Gasteiger partial charge in [-0.25, -0.2) is 0 Å². The molecule has 2 aliphatic rings. The van der Waals surface area contributed by atoms with Crippen LogP contribution in [-0.2, 0) is 4.79 Å². The minimum absolute atomic E-state index is 0.0204. The number of ketones is 1.